The number of carbonyl (C=O) groups is 1. The second kappa shape index (κ2) is 7.13. The first-order valence-corrected chi connectivity index (χ1v) is 11.1. The highest BCUT2D eigenvalue weighted by atomic mass is 16.3. The van der Waals surface area contributed by atoms with Crippen molar-refractivity contribution in [3.63, 3.8) is 0 Å². The van der Waals surface area contributed by atoms with Crippen LogP contribution in [0.1, 0.15) is 45.5 Å². The Kier molecular flexibility index (Phi) is 4.32. The third-order valence-electron chi connectivity index (χ3n) is 7.12. The summed E-state index contributed by atoms with van der Waals surface area (Å²) < 4.78 is 3.76. The molecule has 0 spiro atoms. The van der Waals surface area contributed by atoms with E-state index in [1.165, 1.54) is 5.69 Å². The second-order valence-electron chi connectivity index (χ2n) is 9.18. The number of hydrogen-bond acceptors (Lipinski definition) is 7. The van der Waals surface area contributed by atoms with Crippen LogP contribution in [0.15, 0.2) is 24.9 Å². The van der Waals surface area contributed by atoms with Crippen molar-refractivity contribution < 1.29 is 9.90 Å². The molecule has 10 heteroatoms. The van der Waals surface area contributed by atoms with Crippen molar-refractivity contribution in [3.8, 4) is 0 Å². The molecule has 32 heavy (non-hydrogen) atoms. The summed E-state index contributed by atoms with van der Waals surface area (Å²) in [5.74, 6) is 1.33. The van der Waals surface area contributed by atoms with Crippen LogP contribution in [-0.2, 0) is 20.0 Å². The predicted molar refractivity (Wildman–Crippen MR) is 115 cm³/mol. The van der Waals surface area contributed by atoms with Crippen molar-refractivity contribution in [1.82, 2.24) is 34.6 Å². The van der Waals surface area contributed by atoms with E-state index in [1.54, 1.807) is 23.4 Å². The monoisotopic (exact) mass is 434 g/mol. The maximum atomic E-state index is 12.7. The first kappa shape index (κ1) is 19.4. The van der Waals surface area contributed by atoms with E-state index in [0.717, 1.165) is 48.8 Å². The minimum absolute atomic E-state index is 0.0528. The molecule has 1 saturated heterocycles. The van der Waals surface area contributed by atoms with Gasteiger partial charge in [0.25, 0.3) is 5.91 Å². The van der Waals surface area contributed by atoms with E-state index in [0.29, 0.717) is 23.9 Å². The molecule has 1 aliphatic heterocycles. The Labute approximate surface area is 185 Å². The van der Waals surface area contributed by atoms with E-state index in [9.17, 15) is 9.90 Å². The van der Waals surface area contributed by atoms with Crippen LogP contribution < -0.4 is 10.2 Å². The molecule has 0 radical (unpaired) electrons. The third-order valence-corrected chi connectivity index (χ3v) is 7.12. The number of nitrogens with zero attached hydrogens (tertiary/aromatic N) is 7. The number of anilines is 1. The smallest absolute Gasteiger partial charge is 0.255 e. The van der Waals surface area contributed by atoms with Crippen LogP contribution in [0, 0.1) is 18.8 Å². The van der Waals surface area contributed by atoms with Gasteiger partial charge in [0.15, 0.2) is 0 Å². The summed E-state index contributed by atoms with van der Waals surface area (Å²) in [7, 11) is 1.98. The normalized spacial score (nSPS) is 25.7. The first-order chi connectivity index (χ1) is 15.5. The minimum Gasteiger partial charge on any atom is -0.392 e. The third kappa shape index (κ3) is 3.17. The average Bonchev–Trinajstić information content (AvgIpc) is 3.36. The fourth-order valence-electron chi connectivity index (χ4n) is 5.06. The molecule has 4 atom stereocenters. The largest absolute Gasteiger partial charge is 0.392 e. The molecule has 0 bridgehead atoms. The lowest BCUT2D eigenvalue weighted by Gasteiger charge is -2.19. The zero-order valence-corrected chi connectivity index (χ0v) is 18.1. The van der Waals surface area contributed by atoms with Crippen LogP contribution in [0.3, 0.4) is 0 Å². The van der Waals surface area contributed by atoms with Crippen molar-refractivity contribution in [2.75, 3.05) is 18.0 Å². The van der Waals surface area contributed by atoms with Gasteiger partial charge in [0.2, 0.25) is 5.95 Å². The Hall–Kier alpha value is -3.27. The molecule has 3 aromatic rings. The number of piperidine rings is 1. The van der Waals surface area contributed by atoms with Crippen LogP contribution in [0.25, 0.3) is 0 Å². The number of carbonyl (C=O) groups excluding carboxylic acids is 1. The predicted octanol–water partition coefficient (Wildman–Crippen LogP) is 0.608. The van der Waals surface area contributed by atoms with Crippen LogP contribution >= 0.6 is 0 Å². The van der Waals surface area contributed by atoms with Gasteiger partial charge in [0, 0.05) is 61.3 Å². The number of hydrogen-bond donors (Lipinski definition) is 2. The number of rotatable bonds is 5. The number of nitrogens with one attached hydrogen (secondary N) is 1. The lowest BCUT2D eigenvalue weighted by molar-refractivity contribution is 0.0936. The van der Waals surface area contributed by atoms with Crippen LogP contribution in [0.5, 0.6) is 0 Å². The van der Waals surface area contributed by atoms with Gasteiger partial charge in [0.1, 0.15) is 0 Å². The molecule has 2 N–H and O–H groups in total. The van der Waals surface area contributed by atoms with Crippen molar-refractivity contribution in [1.29, 1.82) is 0 Å². The van der Waals surface area contributed by atoms with Crippen molar-refractivity contribution in [2.45, 2.75) is 38.5 Å². The van der Waals surface area contributed by atoms with E-state index in [1.807, 2.05) is 24.7 Å². The summed E-state index contributed by atoms with van der Waals surface area (Å²) >= 11 is 0. The van der Waals surface area contributed by atoms with Gasteiger partial charge in [-0.3, -0.25) is 9.48 Å². The van der Waals surface area contributed by atoms with Crippen molar-refractivity contribution in [2.24, 2.45) is 18.9 Å². The topological polar surface area (TPSA) is 114 Å². The van der Waals surface area contributed by atoms with Gasteiger partial charge in [0.05, 0.1) is 42.5 Å². The van der Waals surface area contributed by atoms with Crippen LogP contribution in [-0.4, -0.2) is 59.5 Å². The summed E-state index contributed by atoms with van der Waals surface area (Å²) in [5.41, 5.74) is 4.53. The number of imidazole rings is 1. The van der Waals surface area contributed by atoms with Crippen molar-refractivity contribution >= 4 is 11.9 Å². The molecule has 10 nitrogen and oxygen atoms in total. The fourth-order valence-corrected chi connectivity index (χ4v) is 5.06. The van der Waals surface area contributed by atoms with Gasteiger partial charge in [-0.15, -0.1) is 0 Å². The van der Waals surface area contributed by atoms with E-state index in [-0.39, 0.29) is 18.1 Å². The Morgan fingerprint density at radius 3 is 2.84 bits per heavy atom. The van der Waals surface area contributed by atoms with E-state index < -0.39 is 0 Å². The van der Waals surface area contributed by atoms with Gasteiger partial charge in [-0.05, 0) is 19.8 Å². The van der Waals surface area contributed by atoms with E-state index in [2.05, 4.69) is 30.3 Å². The molecular formula is C22H26N8O2. The Balaban J connectivity index is 1.10. The first-order valence-electron chi connectivity index (χ1n) is 11.1. The van der Waals surface area contributed by atoms with Gasteiger partial charge < -0.3 is 19.9 Å². The zero-order chi connectivity index (χ0) is 22.0. The van der Waals surface area contributed by atoms with Crippen LogP contribution in [0.2, 0.25) is 0 Å². The molecule has 2 aliphatic carbocycles. The summed E-state index contributed by atoms with van der Waals surface area (Å²) in [6.45, 7) is 4.11. The van der Waals surface area contributed by atoms with Gasteiger partial charge in [-0.2, -0.15) is 5.10 Å². The molecule has 0 aromatic carbocycles. The molecule has 6 rings (SSSR count). The van der Waals surface area contributed by atoms with E-state index >= 15 is 0 Å². The number of amides is 1. The van der Waals surface area contributed by atoms with Gasteiger partial charge in [-0.25, -0.2) is 15.0 Å². The lowest BCUT2D eigenvalue weighted by Crippen LogP contribution is -2.27. The molecule has 1 unspecified atom stereocenters. The van der Waals surface area contributed by atoms with E-state index in [4.69, 9.17) is 0 Å². The van der Waals surface area contributed by atoms with Crippen molar-refractivity contribution in [3.05, 3.63) is 53.1 Å². The standard InChI is InChI=1S/C22H26N8O2/c1-12-13(5-23-22(26-12)29-9-15-16(10-29)20(15)31)7-30-8-14(6-25-30)21(32)27-17-3-4-18-19(17)24-11-28(18)2/h5-6,8,11,15-17,20,31H,3-4,7,9-10H2,1-2H3,(H,27,32)/t15-,16+,17-,20?/m1/s1. The summed E-state index contributed by atoms with van der Waals surface area (Å²) in [6.07, 6.45) is 8.63. The maximum Gasteiger partial charge on any atom is 0.255 e. The highest BCUT2D eigenvalue weighted by Gasteiger charge is 2.55. The van der Waals surface area contributed by atoms with Crippen LogP contribution in [0.4, 0.5) is 5.95 Å². The minimum atomic E-state index is -0.141. The average molecular weight is 435 g/mol. The highest BCUT2D eigenvalue weighted by Crippen LogP contribution is 2.46. The number of aliphatic hydroxyl groups excluding tert-OH is 1. The molecule has 4 heterocycles. The fraction of sp³-hybridized carbons (Fsp3) is 0.500. The Morgan fingerprint density at radius 2 is 2.06 bits per heavy atom. The Bertz CT molecular complexity index is 1190. The van der Waals surface area contributed by atoms with Gasteiger partial charge >= 0.3 is 0 Å². The Morgan fingerprint density at radius 1 is 1.25 bits per heavy atom. The molecule has 3 aliphatic rings. The maximum absolute atomic E-state index is 12.7. The number of aryl methyl sites for hydroxylation is 2. The second-order valence-corrected chi connectivity index (χ2v) is 9.18. The molecule has 2 fully saturated rings. The number of aromatic nitrogens is 6. The summed E-state index contributed by atoms with van der Waals surface area (Å²) in [4.78, 5) is 28.5. The summed E-state index contributed by atoms with van der Waals surface area (Å²) in [6, 6.07) is -0.0528. The summed E-state index contributed by atoms with van der Waals surface area (Å²) in [5, 5.41) is 17.2. The zero-order valence-electron chi connectivity index (χ0n) is 18.1. The lowest BCUT2D eigenvalue weighted by atomic mass is 10.2. The molecule has 1 amide bonds. The molecule has 1 saturated carbocycles. The number of aliphatic hydroxyl groups is 1. The molecular weight excluding hydrogens is 408 g/mol. The molecule has 3 aromatic heterocycles. The SMILES string of the molecule is Cc1nc(N2C[C@@H]3C(O)[C@@H]3C2)ncc1Cn1cc(C(=O)N[C@@H]2CCc3c2ncn3C)cn1. The highest BCUT2D eigenvalue weighted by molar-refractivity contribution is 5.94. The number of fused-ring (bicyclic) bond motifs is 2. The molecule has 166 valence electrons. The van der Waals surface area contributed by atoms with Gasteiger partial charge in [-0.1, -0.05) is 0 Å². The quantitative estimate of drug-likeness (QED) is 0.605.